The molecule has 1 rings (SSSR count). The summed E-state index contributed by atoms with van der Waals surface area (Å²) in [6, 6.07) is 1.90. The second kappa shape index (κ2) is 3.96. The van der Waals surface area contributed by atoms with Gasteiger partial charge in [-0.3, -0.25) is 4.68 Å². The van der Waals surface area contributed by atoms with E-state index >= 15 is 0 Å². The van der Waals surface area contributed by atoms with Crippen LogP contribution in [0.25, 0.3) is 0 Å². The highest BCUT2D eigenvalue weighted by atomic mass is 15.3. The van der Waals surface area contributed by atoms with Gasteiger partial charge in [0.2, 0.25) is 0 Å². The van der Waals surface area contributed by atoms with Crippen molar-refractivity contribution in [2.24, 2.45) is 5.92 Å². The molecular weight excluding hydrogens is 148 g/mol. The van der Waals surface area contributed by atoms with E-state index in [1.54, 1.807) is 0 Å². The molecule has 0 aliphatic heterocycles. The zero-order valence-electron chi connectivity index (χ0n) is 7.54. The lowest BCUT2D eigenvalue weighted by Gasteiger charge is -2.05. The molecule has 0 spiro atoms. The minimum Gasteiger partial charge on any atom is -0.257 e. The molecule has 0 aromatic carbocycles. The molecule has 0 saturated carbocycles. The Hall–Kier alpha value is -1.23. The normalized spacial score (nSPS) is 10.2. The first kappa shape index (κ1) is 8.86. The minimum atomic E-state index is 0.547. The van der Waals surface area contributed by atoms with Crippen molar-refractivity contribution in [2.75, 3.05) is 0 Å². The van der Waals surface area contributed by atoms with E-state index in [4.69, 9.17) is 6.42 Å². The maximum Gasteiger partial charge on any atom is 0.113 e. The van der Waals surface area contributed by atoms with Crippen LogP contribution in [0.15, 0.2) is 6.07 Å². The molecule has 2 heteroatoms. The van der Waals surface area contributed by atoms with E-state index in [0.29, 0.717) is 12.5 Å². The Balaban J connectivity index is 2.71. The number of hydrogen-bond acceptors (Lipinski definition) is 1. The van der Waals surface area contributed by atoms with Crippen LogP contribution >= 0.6 is 0 Å². The SMILES string of the molecule is C#CCn1n[c]cc1CC(C)C. The first-order valence-electron chi connectivity index (χ1n) is 4.10. The molecule has 1 radical (unpaired) electrons. The van der Waals surface area contributed by atoms with Gasteiger partial charge in [0.1, 0.15) is 12.7 Å². The smallest absolute Gasteiger partial charge is 0.113 e. The van der Waals surface area contributed by atoms with Gasteiger partial charge in [-0.15, -0.1) is 6.42 Å². The molecule has 1 aromatic heterocycles. The summed E-state index contributed by atoms with van der Waals surface area (Å²) in [6.45, 7) is 4.89. The zero-order valence-corrected chi connectivity index (χ0v) is 7.54. The molecular formula is C10H13N2. The van der Waals surface area contributed by atoms with Gasteiger partial charge < -0.3 is 0 Å². The van der Waals surface area contributed by atoms with Gasteiger partial charge in [0.25, 0.3) is 0 Å². The maximum atomic E-state index is 5.19. The van der Waals surface area contributed by atoms with Gasteiger partial charge in [0.15, 0.2) is 0 Å². The number of nitrogens with zero attached hydrogens (tertiary/aromatic N) is 2. The van der Waals surface area contributed by atoms with Crippen LogP contribution in [0.1, 0.15) is 19.5 Å². The van der Waals surface area contributed by atoms with Crippen molar-refractivity contribution in [3.63, 3.8) is 0 Å². The highest BCUT2D eigenvalue weighted by Gasteiger charge is 2.03. The topological polar surface area (TPSA) is 17.8 Å². The molecule has 0 N–H and O–H groups in total. The van der Waals surface area contributed by atoms with Crippen LogP contribution in [0, 0.1) is 24.5 Å². The predicted molar refractivity (Wildman–Crippen MR) is 48.4 cm³/mol. The van der Waals surface area contributed by atoms with Crippen LogP contribution in [0.3, 0.4) is 0 Å². The Morgan fingerprint density at radius 3 is 3.08 bits per heavy atom. The fourth-order valence-electron chi connectivity index (χ4n) is 1.12. The summed E-state index contributed by atoms with van der Waals surface area (Å²) in [6.07, 6.45) is 9.01. The van der Waals surface area contributed by atoms with Crippen LogP contribution in [-0.4, -0.2) is 9.78 Å². The second-order valence-electron chi connectivity index (χ2n) is 3.22. The summed E-state index contributed by atoms with van der Waals surface area (Å²) in [5.41, 5.74) is 1.17. The van der Waals surface area contributed by atoms with E-state index in [0.717, 1.165) is 6.42 Å². The molecule has 63 valence electrons. The summed E-state index contributed by atoms with van der Waals surface area (Å²) in [7, 11) is 0. The summed E-state index contributed by atoms with van der Waals surface area (Å²) in [5, 5.41) is 4.01. The van der Waals surface area contributed by atoms with Crippen LogP contribution in [0.2, 0.25) is 0 Å². The molecule has 0 aliphatic rings. The molecule has 0 atom stereocenters. The highest BCUT2D eigenvalue weighted by Crippen LogP contribution is 2.06. The molecule has 12 heavy (non-hydrogen) atoms. The van der Waals surface area contributed by atoms with Gasteiger partial charge in [-0.05, 0) is 18.4 Å². The first-order chi connectivity index (χ1) is 5.74. The van der Waals surface area contributed by atoms with Gasteiger partial charge in [0, 0.05) is 5.69 Å². The molecule has 0 aliphatic carbocycles. The number of terminal acetylenes is 1. The Bertz CT molecular complexity index is 278. The molecule has 2 nitrogen and oxygen atoms in total. The van der Waals surface area contributed by atoms with Crippen LogP contribution in [0.5, 0.6) is 0 Å². The van der Waals surface area contributed by atoms with Crippen LogP contribution < -0.4 is 0 Å². The molecule has 0 unspecified atom stereocenters. The van der Waals surface area contributed by atoms with E-state index in [1.165, 1.54) is 5.69 Å². The lowest BCUT2D eigenvalue weighted by atomic mass is 10.1. The van der Waals surface area contributed by atoms with Gasteiger partial charge in [0.05, 0.1) is 0 Å². The largest absolute Gasteiger partial charge is 0.257 e. The Morgan fingerprint density at radius 1 is 1.75 bits per heavy atom. The van der Waals surface area contributed by atoms with E-state index < -0.39 is 0 Å². The maximum absolute atomic E-state index is 5.19. The van der Waals surface area contributed by atoms with Gasteiger partial charge in [-0.2, -0.15) is 5.10 Å². The quantitative estimate of drug-likeness (QED) is 0.614. The zero-order chi connectivity index (χ0) is 8.97. The summed E-state index contributed by atoms with van der Waals surface area (Å²) >= 11 is 0. The van der Waals surface area contributed by atoms with Crippen molar-refractivity contribution < 1.29 is 0 Å². The van der Waals surface area contributed by atoms with Crippen LogP contribution in [-0.2, 0) is 13.0 Å². The number of hydrogen-bond donors (Lipinski definition) is 0. The number of aromatic nitrogens is 2. The third-order valence-corrected chi connectivity index (χ3v) is 1.60. The van der Waals surface area contributed by atoms with Crippen molar-refractivity contribution in [3.05, 3.63) is 18.0 Å². The van der Waals surface area contributed by atoms with Crippen molar-refractivity contribution in [1.29, 1.82) is 0 Å². The minimum absolute atomic E-state index is 0.547. The molecule has 0 saturated heterocycles. The van der Waals surface area contributed by atoms with Gasteiger partial charge in [-0.1, -0.05) is 19.8 Å². The Morgan fingerprint density at radius 2 is 2.50 bits per heavy atom. The van der Waals surface area contributed by atoms with E-state index in [-0.39, 0.29) is 0 Å². The van der Waals surface area contributed by atoms with Crippen molar-refractivity contribution in [2.45, 2.75) is 26.8 Å². The van der Waals surface area contributed by atoms with E-state index in [2.05, 4.69) is 31.1 Å². The molecule has 0 fully saturated rings. The third kappa shape index (κ3) is 2.13. The predicted octanol–water partition coefficient (Wildman–Crippen LogP) is 1.51. The summed E-state index contributed by atoms with van der Waals surface area (Å²) < 4.78 is 1.82. The van der Waals surface area contributed by atoms with Crippen molar-refractivity contribution >= 4 is 0 Å². The summed E-state index contributed by atoms with van der Waals surface area (Å²) in [4.78, 5) is 0. The summed E-state index contributed by atoms with van der Waals surface area (Å²) in [5.74, 6) is 3.20. The molecule has 1 heterocycles. The van der Waals surface area contributed by atoms with Gasteiger partial charge in [-0.25, -0.2) is 0 Å². The molecule has 0 bridgehead atoms. The van der Waals surface area contributed by atoms with E-state index in [1.807, 2.05) is 10.7 Å². The van der Waals surface area contributed by atoms with Crippen LogP contribution in [0.4, 0.5) is 0 Å². The standard InChI is InChI=1S/C10H13N2/c1-4-7-12-10(5-6-11-12)8-9(2)3/h1,5,9H,7-8H2,2-3H3. The third-order valence-electron chi connectivity index (χ3n) is 1.60. The molecule has 1 aromatic rings. The average Bonchev–Trinajstić information content (AvgIpc) is 2.37. The Labute approximate surface area is 73.6 Å². The average molecular weight is 161 g/mol. The second-order valence-corrected chi connectivity index (χ2v) is 3.22. The molecule has 0 amide bonds. The van der Waals surface area contributed by atoms with Crippen molar-refractivity contribution in [3.8, 4) is 12.3 Å². The van der Waals surface area contributed by atoms with E-state index in [9.17, 15) is 0 Å². The fraction of sp³-hybridized carbons (Fsp3) is 0.500. The lowest BCUT2D eigenvalue weighted by Crippen LogP contribution is -2.06. The van der Waals surface area contributed by atoms with Gasteiger partial charge >= 0.3 is 0 Å². The first-order valence-corrected chi connectivity index (χ1v) is 4.10. The number of rotatable bonds is 3. The monoisotopic (exact) mass is 161 g/mol. The lowest BCUT2D eigenvalue weighted by molar-refractivity contribution is 0.582. The highest BCUT2D eigenvalue weighted by molar-refractivity contribution is 5.02. The Kier molecular flexibility index (Phi) is 2.93. The van der Waals surface area contributed by atoms with Crippen molar-refractivity contribution in [1.82, 2.24) is 9.78 Å². The fourth-order valence-corrected chi connectivity index (χ4v) is 1.12.